The molecule has 9 heteroatoms. The van der Waals surface area contributed by atoms with E-state index in [1.807, 2.05) is 0 Å². The van der Waals surface area contributed by atoms with Gasteiger partial charge in [0.25, 0.3) is 0 Å². The first kappa shape index (κ1) is 35.2. The monoisotopic (exact) mass is 686 g/mol. The number of esters is 1. The lowest BCUT2D eigenvalue weighted by Crippen LogP contribution is -2.60. The highest BCUT2D eigenvalue weighted by Crippen LogP contribution is 2.89. The molecular formula is C40H66N2O7. The van der Waals surface area contributed by atoms with Crippen LogP contribution < -0.4 is 5.32 Å². The summed E-state index contributed by atoms with van der Waals surface area (Å²) >= 11 is 0. The van der Waals surface area contributed by atoms with E-state index in [-0.39, 0.29) is 52.0 Å². The number of ether oxygens (including phenoxy) is 4. The van der Waals surface area contributed by atoms with Gasteiger partial charge >= 0.3 is 5.97 Å². The van der Waals surface area contributed by atoms with Gasteiger partial charge < -0.3 is 34.5 Å². The number of nitrogens with zero attached hydrogens (tertiary/aromatic N) is 1. The number of carbonyl (C=O) groups excluding carboxylic acids is 1. The summed E-state index contributed by atoms with van der Waals surface area (Å²) in [6.07, 6.45) is 6.88. The normalized spacial score (nSPS) is 51.3. The number of hydrogen-bond acceptors (Lipinski definition) is 9. The molecule has 5 aliphatic carbocycles. The van der Waals surface area contributed by atoms with Gasteiger partial charge in [-0.15, -0.1) is 0 Å². The van der Waals surface area contributed by atoms with Crippen molar-refractivity contribution in [3.8, 4) is 0 Å². The molecule has 5 unspecified atom stereocenters. The maximum absolute atomic E-state index is 12.6. The van der Waals surface area contributed by atoms with Crippen molar-refractivity contribution in [1.29, 1.82) is 0 Å². The average molecular weight is 687 g/mol. The second kappa shape index (κ2) is 11.6. The molecule has 8 aliphatic rings. The number of morpholine rings is 1. The highest BCUT2D eigenvalue weighted by molar-refractivity contribution is 5.66. The predicted octanol–water partition coefficient (Wildman–Crippen LogP) is 4.77. The van der Waals surface area contributed by atoms with Crippen molar-refractivity contribution in [1.82, 2.24) is 10.2 Å². The molecular weight excluding hydrogens is 620 g/mol. The molecule has 49 heavy (non-hydrogen) atoms. The molecule has 0 aromatic carbocycles. The third kappa shape index (κ3) is 4.97. The maximum atomic E-state index is 12.6. The first-order chi connectivity index (χ1) is 23.0. The highest BCUT2D eigenvalue weighted by atomic mass is 16.7. The Labute approximate surface area is 294 Å². The number of aliphatic hydroxyl groups excluding tert-OH is 1. The van der Waals surface area contributed by atoms with Gasteiger partial charge in [-0.3, -0.25) is 9.69 Å². The van der Waals surface area contributed by atoms with Crippen LogP contribution in [0.25, 0.3) is 0 Å². The second-order valence-electron chi connectivity index (χ2n) is 19.9. The zero-order chi connectivity index (χ0) is 34.9. The van der Waals surface area contributed by atoms with Gasteiger partial charge in [0.2, 0.25) is 0 Å². The van der Waals surface area contributed by atoms with E-state index < -0.39 is 29.9 Å². The zero-order valence-electron chi connectivity index (χ0n) is 31.6. The Kier molecular flexibility index (Phi) is 8.34. The smallest absolute Gasteiger partial charge is 0.303 e. The van der Waals surface area contributed by atoms with Gasteiger partial charge in [0.15, 0.2) is 12.4 Å². The summed E-state index contributed by atoms with van der Waals surface area (Å²) in [5, 5.41) is 27.1. The van der Waals surface area contributed by atoms with E-state index in [0.717, 1.165) is 64.5 Å². The Hall–Kier alpha value is -0.810. The molecule has 0 bridgehead atoms. The van der Waals surface area contributed by atoms with Crippen molar-refractivity contribution in [2.45, 2.75) is 149 Å². The predicted molar refractivity (Wildman–Crippen MR) is 185 cm³/mol. The molecule has 8 fully saturated rings. The molecule has 14 atom stereocenters. The minimum atomic E-state index is -1.25. The van der Waals surface area contributed by atoms with Gasteiger partial charge in [0.1, 0.15) is 0 Å². The molecule has 0 aromatic rings. The lowest BCUT2D eigenvalue weighted by atomic mass is 9.41. The van der Waals surface area contributed by atoms with Crippen LogP contribution in [0.15, 0.2) is 0 Å². The molecule has 0 radical (unpaired) electrons. The molecule has 278 valence electrons. The van der Waals surface area contributed by atoms with Crippen molar-refractivity contribution < 1.29 is 34.0 Å². The topological polar surface area (TPSA) is 110 Å². The number of nitrogens with one attached hydrogen (secondary N) is 1. The first-order valence-corrected chi connectivity index (χ1v) is 19.9. The number of hydrogen-bond donors (Lipinski definition) is 3. The number of carbonyl (C=O) groups is 1. The van der Waals surface area contributed by atoms with Crippen LogP contribution in [-0.4, -0.2) is 103 Å². The fourth-order valence-corrected chi connectivity index (χ4v) is 14.5. The maximum Gasteiger partial charge on any atom is 0.303 e. The summed E-state index contributed by atoms with van der Waals surface area (Å²) in [5.74, 6) is 1.91. The summed E-state index contributed by atoms with van der Waals surface area (Å²) in [7, 11) is 0. The van der Waals surface area contributed by atoms with E-state index in [1.165, 1.54) is 32.6 Å². The first-order valence-electron chi connectivity index (χ1n) is 19.9. The van der Waals surface area contributed by atoms with Crippen LogP contribution in [0, 0.1) is 56.7 Å². The molecule has 5 saturated carbocycles. The Morgan fingerprint density at radius 3 is 2.45 bits per heavy atom. The van der Waals surface area contributed by atoms with Crippen molar-refractivity contribution in [3.05, 3.63) is 0 Å². The van der Waals surface area contributed by atoms with Gasteiger partial charge in [-0.05, 0) is 116 Å². The molecule has 2 spiro atoms. The van der Waals surface area contributed by atoms with E-state index in [9.17, 15) is 15.0 Å². The molecule has 3 aliphatic heterocycles. The Morgan fingerprint density at radius 1 is 1.06 bits per heavy atom. The molecule has 8 rings (SSSR count). The van der Waals surface area contributed by atoms with Gasteiger partial charge in [-0.2, -0.15) is 0 Å². The standard InChI is InChI=1S/C40H66N2O7/c1-23-17-26(34(36(5,6)45)47-24(2)43)48-32-31(23)37(7)13-14-40-22-39(40)12-11-29(49-30-21-42(15-16-46-30)20-25-18-41-19-25)35(3,4)27(39)9-10-28(40)38(37,8)33(32)44/h23,25-34,41,44-45H,9-22H2,1-8H3/t23-,26?,27+,28?,29+,30+,31+,32?,33+,34+,37-,38-,39?,40?/m1/s1. The SMILES string of the molecule is CC(=O)O[C@@H](C1C[C@@H](C)[C@H]2C(O1)[C@H](O)[C@@]1(C)C3CC[C@H]4C(C)(C)[C@@H](O[C@H]5CN(CC6CNC6)CCO5)CCC45CC35CC[C@]21C)C(C)(C)O. The number of rotatable bonds is 7. The average Bonchev–Trinajstić information content (AvgIpc) is 3.63. The minimum absolute atomic E-state index is 0.0464. The third-order valence-corrected chi connectivity index (χ3v) is 16.9. The Morgan fingerprint density at radius 2 is 1.78 bits per heavy atom. The van der Waals surface area contributed by atoms with Crippen LogP contribution in [0.2, 0.25) is 0 Å². The quantitative estimate of drug-likeness (QED) is 0.327. The lowest BCUT2D eigenvalue weighted by Gasteiger charge is -2.64. The highest BCUT2D eigenvalue weighted by Gasteiger charge is 2.84. The molecule has 0 aromatic heterocycles. The van der Waals surface area contributed by atoms with E-state index in [2.05, 4.69) is 44.8 Å². The van der Waals surface area contributed by atoms with E-state index in [0.29, 0.717) is 23.7 Å². The van der Waals surface area contributed by atoms with Crippen LogP contribution in [0.5, 0.6) is 0 Å². The van der Waals surface area contributed by atoms with Gasteiger partial charge in [-0.1, -0.05) is 34.6 Å². The zero-order valence-corrected chi connectivity index (χ0v) is 31.6. The summed E-state index contributed by atoms with van der Waals surface area (Å²) < 4.78 is 25.8. The summed E-state index contributed by atoms with van der Waals surface area (Å²) in [4.78, 5) is 14.7. The number of aliphatic hydroxyl groups is 2. The summed E-state index contributed by atoms with van der Waals surface area (Å²) in [6, 6.07) is 0. The summed E-state index contributed by atoms with van der Waals surface area (Å²) in [5.41, 5.74) is -0.906. The second-order valence-corrected chi connectivity index (χ2v) is 19.9. The van der Waals surface area contributed by atoms with Crippen LogP contribution in [0.1, 0.15) is 107 Å². The molecule has 3 heterocycles. The Bertz CT molecular complexity index is 1300. The molecule has 3 N–H and O–H groups in total. The van der Waals surface area contributed by atoms with E-state index in [1.54, 1.807) is 13.8 Å². The van der Waals surface area contributed by atoms with Gasteiger partial charge in [0.05, 0.1) is 36.6 Å². The van der Waals surface area contributed by atoms with Crippen molar-refractivity contribution >= 4 is 5.97 Å². The molecule has 0 amide bonds. The van der Waals surface area contributed by atoms with Gasteiger partial charge in [0, 0.05) is 45.1 Å². The van der Waals surface area contributed by atoms with Crippen LogP contribution >= 0.6 is 0 Å². The fourth-order valence-electron chi connectivity index (χ4n) is 14.5. The van der Waals surface area contributed by atoms with E-state index in [4.69, 9.17) is 18.9 Å². The molecule has 9 nitrogen and oxygen atoms in total. The van der Waals surface area contributed by atoms with Crippen LogP contribution in [-0.2, 0) is 23.7 Å². The van der Waals surface area contributed by atoms with Crippen molar-refractivity contribution in [2.75, 3.05) is 39.3 Å². The largest absolute Gasteiger partial charge is 0.457 e. The summed E-state index contributed by atoms with van der Waals surface area (Å²) in [6.45, 7) is 23.0. The van der Waals surface area contributed by atoms with Crippen molar-refractivity contribution in [2.24, 2.45) is 56.7 Å². The minimum Gasteiger partial charge on any atom is -0.457 e. The van der Waals surface area contributed by atoms with Gasteiger partial charge in [-0.25, -0.2) is 0 Å². The fraction of sp³-hybridized carbons (Fsp3) is 0.975. The Balaban J connectivity index is 1.01. The van der Waals surface area contributed by atoms with Crippen molar-refractivity contribution in [3.63, 3.8) is 0 Å². The number of fused-ring (bicyclic) bond motifs is 4. The molecule has 3 saturated heterocycles. The van der Waals surface area contributed by atoms with Crippen LogP contribution in [0.4, 0.5) is 0 Å². The third-order valence-electron chi connectivity index (χ3n) is 16.9. The van der Waals surface area contributed by atoms with Crippen LogP contribution in [0.3, 0.4) is 0 Å². The van der Waals surface area contributed by atoms with E-state index >= 15 is 0 Å². The lowest BCUT2D eigenvalue weighted by molar-refractivity contribution is -0.249.